The van der Waals surface area contributed by atoms with E-state index in [1.165, 1.54) is 25.0 Å². The maximum atomic E-state index is 14.8. The van der Waals surface area contributed by atoms with E-state index in [1.54, 1.807) is 24.8 Å². The molecule has 1 amide bonds. The van der Waals surface area contributed by atoms with Gasteiger partial charge in [-0.2, -0.15) is 5.10 Å². The minimum atomic E-state index is -0.372. The highest BCUT2D eigenvalue weighted by Gasteiger charge is 2.23. The van der Waals surface area contributed by atoms with Crippen LogP contribution in [0.3, 0.4) is 0 Å². The van der Waals surface area contributed by atoms with Crippen LogP contribution in [0.15, 0.2) is 67.3 Å². The number of likely N-dealkylation sites (tertiary alicyclic amines) is 1. The van der Waals surface area contributed by atoms with Crippen LogP contribution in [0.5, 0.6) is 5.75 Å². The highest BCUT2D eigenvalue weighted by molar-refractivity contribution is 6.00. The van der Waals surface area contributed by atoms with Gasteiger partial charge in [0.1, 0.15) is 23.9 Å². The summed E-state index contributed by atoms with van der Waals surface area (Å²) >= 11 is 0. The Hall–Kier alpha value is -5.16. The first-order valence-corrected chi connectivity index (χ1v) is 16.3. The van der Waals surface area contributed by atoms with Gasteiger partial charge in [0.2, 0.25) is 5.91 Å². The molecular formula is C36H35FN8O2. The van der Waals surface area contributed by atoms with E-state index in [4.69, 9.17) is 4.74 Å². The molecule has 0 atom stereocenters. The predicted octanol–water partition coefficient (Wildman–Crippen LogP) is 6.97. The number of amides is 1. The molecule has 8 rings (SSSR count). The predicted molar refractivity (Wildman–Crippen MR) is 179 cm³/mol. The van der Waals surface area contributed by atoms with Crippen LogP contribution in [-0.4, -0.2) is 67.2 Å². The number of halogens is 1. The van der Waals surface area contributed by atoms with Crippen LogP contribution in [0.25, 0.3) is 55.7 Å². The summed E-state index contributed by atoms with van der Waals surface area (Å²) in [6.07, 6.45) is 13.4. The summed E-state index contributed by atoms with van der Waals surface area (Å²) in [6, 6.07) is 12.5. The van der Waals surface area contributed by atoms with E-state index in [0.717, 1.165) is 84.1 Å². The Kier molecular flexibility index (Phi) is 7.82. The maximum absolute atomic E-state index is 14.8. The molecule has 1 aliphatic heterocycles. The van der Waals surface area contributed by atoms with E-state index in [2.05, 4.69) is 40.3 Å². The molecule has 10 nitrogen and oxygen atoms in total. The number of pyridine rings is 3. The lowest BCUT2D eigenvalue weighted by Gasteiger charge is -2.15. The van der Waals surface area contributed by atoms with Gasteiger partial charge in [-0.15, -0.1) is 0 Å². The molecule has 0 radical (unpaired) electrons. The first-order chi connectivity index (χ1) is 23.1. The van der Waals surface area contributed by atoms with Crippen molar-refractivity contribution in [1.29, 1.82) is 0 Å². The number of aromatic nitrogens is 6. The van der Waals surface area contributed by atoms with E-state index >= 15 is 0 Å². The molecule has 2 fully saturated rings. The van der Waals surface area contributed by atoms with Gasteiger partial charge in [-0.25, -0.2) is 4.39 Å². The van der Waals surface area contributed by atoms with Crippen LogP contribution in [0.2, 0.25) is 0 Å². The fourth-order valence-electron chi connectivity index (χ4n) is 6.85. The minimum absolute atomic E-state index is 0.0502. The van der Waals surface area contributed by atoms with Gasteiger partial charge in [0, 0.05) is 58.3 Å². The van der Waals surface area contributed by atoms with Crippen molar-refractivity contribution in [3.8, 4) is 39.7 Å². The molecule has 11 heteroatoms. The van der Waals surface area contributed by atoms with Gasteiger partial charge in [-0.1, -0.05) is 12.8 Å². The molecule has 3 N–H and O–H groups in total. The minimum Gasteiger partial charge on any atom is -0.492 e. The number of ether oxygens (including phenoxy) is 1. The summed E-state index contributed by atoms with van der Waals surface area (Å²) in [5, 5.41) is 12.5. The Bertz CT molecular complexity index is 2080. The number of H-pyrrole nitrogens is 2. The number of benzene rings is 1. The number of aromatic amines is 2. The van der Waals surface area contributed by atoms with E-state index in [1.807, 2.05) is 30.3 Å². The van der Waals surface area contributed by atoms with Crippen LogP contribution in [0.1, 0.15) is 38.5 Å². The number of nitrogens with one attached hydrogen (secondary N) is 3. The number of hydrogen-bond acceptors (Lipinski definition) is 7. The lowest BCUT2D eigenvalue weighted by molar-refractivity contribution is -0.119. The number of carbonyl (C=O) groups excluding carboxylic acids is 1. The zero-order chi connectivity index (χ0) is 31.7. The van der Waals surface area contributed by atoms with Gasteiger partial charge in [-0.3, -0.25) is 29.7 Å². The van der Waals surface area contributed by atoms with Crippen LogP contribution in [0.4, 0.5) is 10.1 Å². The van der Waals surface area contributed by atoms with Crippen LogP contribution in [0, 0.1) is 11.7 Å². The van der Waals surface area contributed by atoms with Gasteiger partial charge in [-0.05, 0) is 75.2 Å². The standard InChI is InChI=1S/C36H35FN8O2/c37-25-13-23(15-27(16-25)47-12-11-45-9-3-4-10-45)34-28-18-32(42-30(28)7-8-39-34)35-29-17-31(40-21-33(29)43-44-35)24-14-26(20-38-19-24)41-36(46)22-5-1-2-6-22/h7-8,13-22,42H,1-6,9-12H2,(H,41,46)(H,43,44). The number of fused-ring (bicyclic) bond motifs is 2. The maximum Gasteiger partial charge on any atom is 0.227 e. The molecule has 1 aromatic carbocycles. The first-order valence-electron chi connectivity index (χ1n) is 16.3. The molecule has 5 aromatic heterocycles. The summed E-state index contributed by atoms with van der Waals surface area (Å²) in [5.41, 5.74) is 6.58. The van der Waals surface area contributed by atoms with Crippen molar-refractivity contribution in [2.24, 2.45) is 5.92 Å². The molecule has 0 unspecified atom stereocenters. The van der Waals surface area contributed by atoms with Crippen molar-refractivity contribution in [3.63, 3.8) is 0 Å². The average molecular weight is 631 g/mol. The van der Waals surface area contributed by atoms with E-state index in [9.17, 15) is 9.18 Å². The molecule has 47 heavy (non-hydrogen) atoms. The molecule has 238 valence electrons. The van der Waals surface area contributed by atoms with Crippen molar-refractivity contribution < 1.29 is 13.9 Å². The lowest BCUT2D eigenvalue weighted by atomic mass is 10.1. The Morgan fingerprint density at radius 1 is 0.915 bits per heavy atom. The molecule has 6 aromatic rings. The van der Waals surface area contributed by atoms with Crippen molar-refractivity contribution >= 4 is 33.4 Å². The summed E-state index contributed by atoms with van der Waals surface area (Å²) in [5.74, 6) is 0.232. The largest absolute Gasteiger partial charge is 0.492 e. The van der Waals surface area contributed by atoms with Gasteiger partial charge in [0.05, 0.1) is 40.7 Å². The molecule has 0 bridgehead atoms. The number of rotatable bonds is 9. The Balaban J connectivity index is 1.08. The smallest absolute Gasteiger partial charge is 0.227 e. The van der Waals surface area contributed by atoms with Crippen molar-refractivity contribution in [2.75, 3.05) is 31.6 Å². The SMILES string of the molecule is O=C(Nc1cncc(-c2cc3c(-c4cc5c(-c6cc(F)cc(OCCN7CCCC7)c6)nccc5[nH]4)n[nH]c3cn2)c1)C1CCCC1. The number of hydrogen-bond donors (Lipinski definition) is 3. The van der Waals surface area contributed by atoms with Crippen LogP contribution >= 0.6 is 0 Å². The van der Waals surface area contributed by atoms with Gasteiger partial charge in [0.25, 0.3) is 0 Å². The molecule has 1 saturated carbocycles. The number of carbonyl (C=O) groups is 1. The second kappa shape index (κ2) is 12.6. The van der Waals surface area contributed by atoms with Crippen LogP contribution < -0.4 is 10.1 Å². The fraction of sp³-hybridized carbons (Fsp3) is 0.306. The van der Waals surface area contributed by atoms with Crippen molar-refractivity contribution in [1.82, 2.24) is 35.0 Å². The quantitative estimate of drug-likeness (QED) is 0.158. The zero-order valence-electron chi connectivity index (χ0n) is 25.9. The third-order valence-corrected chi connectivity index (χ3v) is 9.30. The topological polar surface area (TPSA) is 125 Å². The molecule has 1 aliphatic carbocycles. The fourth-order valence-corrected chi connectivity index (χ4v) is 6.85. The summed E-state index contributed by atoms with van der Waals surface area (Å²) in [4.78, 5) is 32.2. The molecule has 1 saturated heterocycles. The number of nitrogens with zero attached hydrogens (tertiary/aromatic N) is 5. The van der Waals surface area contributed by atoms with Gasteiger partial charge >= 0.3 is 0 Å². The third-order valence-electron chi connectivity index (χ3n) is 9.30. The molecular weight excluding hydrogens is 595 g/mol. The second-order valence-electron chi connectivity index (χ2n) is 12.5. The van der Waals surface area contributed by atoms with Gasteiger partial charge < -0.3 is 15.0 Å². The Morgan fingerprint density at radius 3 is 2.64 bits per heavy atom. The zero-order valence-corrected chi connectivity index (χ0v) is 25.9. The lowest BCUT2D eigenvalue weighted by Crippen LogP contribution is -2.25. The van der Waals surface area contributed by atoms with Crippen molar-refractivity contribution in [2.45, 2.75) is 38.5 Å². The van der Waals surface area contributed by atoms with Gasteiger partial charge in [0.15, 0.2) is 0 Å². The molecule has 0 spiro atoms. The highest BCUT2D eigenvalue weighted by Crippen LogP contribution is 2.35. The summed E-state index contributed by atoms with van der Waals surface area (Å²) in [6.45, 7) is 3.52. The van der Waals surface area contributed by atoms with Crippen LogP contribution in [-0.2, 0) is 4.79 Å². The number of anilines is 1. The van der Waals surface area contributed by atoms with Crippen molar-refractivity contribution in [3.05, 3.63) is 73.1 Å². The third kappa shape index (κ3) is 6.06. The van der Waals surface area contributed by atoms with E-state index in [0.29, 0.717) is 35.0 Å². The summed E-state index contributed by atoms with van der Waals surface area (Å²) in [7, 11) is 0. The normalized spacial score (nSPS) is 15.6. The Labute approximate surface area is 270 Å². The summed E-state index contributed by atoms with van der Waals surface area (Å²) < 4.78 is 20.8. The highest BCUT2D eigenvalue weighted by atomic mass is 19.1. The molecule has 2 aliphatic rings. The molecule has 6 heterocycles. The van der Waals surface area contributed by atoms with E-state index in [-0.39, 0.29) is 17.6 Å². The second-order valence-corrected chi connectivity index (χ2v) is 12.5. The first kappa shape index (κ1) is 29.3. The van der Waals surface area contributed by atoms with E-state index < -0.39 is 0 Å². The average Bonchev–Trinajstić information content (AvgIpc) is 3.91. The monoisotopic (exact) mass is 630 g/mol. The Morgan fingerprint density at radius 2 is 1.77 bits per heavy atom.